The molecule has 2 rings (SSSR count). The van der Waals surface area contributed by atoms with Crippen molar-refractivity contribution in [1.82, 2.24) is 0 Å². The molecule has 0 fully saturated rings. The molecule has 0 aromatic heterocycles. The van der Waals surface area contributed by atoms with E-state index in [4.69, 9.17) is 32.7 Å². The van der Waals surface area contributed by atoms with Crippen LogP contribution in [0, 0.1) is 0 Å². The van der Waals surface area contributed by atoms with Gasteiger partial charge in [-0.1, -0.05) is 23.2 Å². The van der Waals surface area contributed by atoms with Crippen LogP contribution in [-0.2, 0) is 4.79 Å². The highest BCUT2D eigenvalue weighted by Crippen LogP contribution is 2.25. The van der Waals surface area contributed by atoms with Gasteiger partial charge in [-0.25, -0.2) is 0 Å². The minimum atomic E-state index is -1.07. The maximum absolute atomic E-state index is 12.6. The van der Waals surface area contributed by atoms with E-state index in [1.165, 1.54) is 0 Å². The molecule has 0 heterocycles. The van der Waals surface area contributed by atoms with E-state index in [1.54, 1.807) is 62.4 Å². The van der Waals surface area contributed by atoms with Gasteiger partial charge in [0, 0.05) is 10.0 Å². The molecule has 6 heteroatoms. The van der Waals surface area contributed by atoms with Gasteiger partial charge in [0.25, 0.3) is 0 Å². The number of Topliss-reactive ketones (excluding diaryl/α,β-unsaturated/α-hetero) is 1. The summed E-state index contributed by atoms with van der Waals surface area (Å²) in [6.07, 6.45) is 0. The van der Waals surface area contributed by atoms with Crippen LogP contribution in [0.15, 0.2) is 48.5 Å². The Kier molecular flexibility index (Phi) is 5.95. The van der Waals surface area contributed by atoms with Crippen molar-refractivity contribution in [3.63, 3.8) is 0 Å². The number of hydrogen-bond donors (Lipinski definition) is 0. The van der Waals surface area contributed by atoms with Gasteiger partial charge in [0.1, 0.15) is 11.5 Å². The first kappa shape index (κ1) is 18.1. The van der Waals surface area contributed by atoms with Gasteiger partial charge in [-0.2, -0.15) is 0 Å². The number of alkyl halides is 1. The van der Waals surface area contributed by atoms with Crippen molar-refractivity contribution in [3.05, 3.63) is 58.6 Å². The van der Waals surface area contributed by atoms with Crippen LogP contribution < -0.4 is 9.47 Å². The zero-order valence-electron chi connectivity index (χ0n) is 12.6. The average Bonchev–Trinajstić information content (AvgIpc) is 2.51. The fourth-order valence-corrected chi connectivity index (χ4v) is 2.83. The largest absolute Gasteiger partial charge is 0.480 e. The molecule has 2 aromatic carbocycles. The number of halogens is 3. The molecule has 0 bridgehead atoms. The molecule has 23 heavy (non-hydrogen) atoms. The van der Waals surface area contributed by atoms with Gasteiger partial charge in [-0.05, 0) is 78.3 Å². The molecule has 1 unspecified atom stereocenters. The van der Waals surface area contributed by atoms with Gasteiger partial charge >= 0.3 is 0 Å². The maximum Gasteiger partial charge on any atom is 0.226 e. The highest BCUT2D eigenvalue weighted by molar-refractivity contribution is 9.09. The second kappa shape index (κ2) is 7.56. The van der Waals surface area contributed by atoms with E-state index in [9.17, 15) is 4.79 Å². The van der Waals surface area contributed by atoms with E-state index in [1.807, 2.05) is 0 Å². The normalized spacial score (nSPS) is 12.6. The Hall–Kier alpha value is -1.23. The first-order valence-electron chi connectivity index (χ1n) is 6.83. The molecular formula is C17H15BrCl2O3. The Morgan fingerprint density at radius 1 is 0.957 bits per heavy atom. The van der Waals surface area contributed by atoms with E-state index in [0.29, 0.717) is 21.5 Å². The van der Waals surface area contributed by atoms with Crippen LogP contribution in [-0.4, -0.2) is 16.4 Å². The topological polar surface area (TPSA) is 35.5 Å². The Morgan fingerprint density at radius 2 is 1.39 bits per heavy atom. The molecule has 0 N–H and O–H groups in total. The van der Waals surface area contributed by atoms with E-state index in [-0.39, 0.29) is 5.78 Å². The van der Waals surface area contributed by atoms with Gasteiger partial charge < -0.3 is 9.47 Å². The Morgan fingerprint density at radius 3 is 1.87 bits per heavy atom. The average molecular weight is 418 g/mol. The van der Waals surface area contributed by atoms with E-state index >= 15 is 0 Å². The summed E-state index contributed by atoms with van der Waals surface area (Å²) in [6, 6.07) is 13.6. The second-order valence-electron chi connectivity index (χ2n) is 5.32. The zero-order chi connectivity index (χ0) is 17.0. The molecule has 0 radical (unpaired) electrons. The van der Waals surface area contributed by atoms with Crippen molar-refractivity contribution in [3.8, 4) is 11.5 Å². The number of carbonyl (C=O) groups excluding carboxylic acids is 1. The minimum Gasteiger partial charge on any atom is -0.480 e. The summed E-state index contributed by atoms with van der Waals surface area (Å²) in [6.45, 7) is 3.37. The van der Waals surface area contributed by atoms with Gasteiger partial charge in [0.05, 0.1) is 0 Å². The lowest BCUT2D eigenvalue weighted by Crippen LogP contribution is -2.44. The Bertz CT molecular complexity index is 669. The Labute approximate surface area is 153 Å². The number of rotatable bonds is 6. The summed E-state index contributed by atoms with van der Waals surface area (Å²) in [5.74, 6) is 0.841. The lowest BCUT2D eigenvalue weighted by atomic mass is 10.0. The van der Waals surface area contributed by atoms with E-state index in [2.05, 4.69) is 15.9 Å². The molecule has 0 saturated heterocycles. The third-order valence-electron chi connectivity index (χ3n) is 3.04. The first-order valence-corrected chi connectivity index (χ1v) is 8.50. The van der Waals surface area contributed by atoms with Gasteiger partial charge in [0.15, 0.2) is 5.60 Å². The first-order chi connectivity index (χ1) is 10.8. The molecule has 1 atom stereocenters. The van der Waals surface area contributed by atoms with E-state index < -0.39 is 10.6 Å². The molecule has 2 aromatic rings. The molecule has 0 aliphatic rings. The third-order valence-corrected chi connectivity index (χ3v) is 4.15. The van der Waals surface area contributed by atoms with Crippen molar-refractivity contribution in [2.75, 3.05) is 0 Å². The lowest BCUT2D eigenvalue weighted by Gasteiger charge is -2.27. The summed E-state index contributed by atoms with van der Waals surface area (Å²) in [4.78, 5) is 12.6. The summed E-state index contributed by atoms with van der Waals surface area (Å²) in [7, 11) is 0. The predicted molar refractivity (Wildman–Crippen MR) is 96.0 cm³/mol. The Balaban J connectivity index is 2.04. The van der Waals surface area contributed by atoms with Crippen LogP contribution in [0.25, 0.3) is 0 Å². The predicted octanol–water partition coefficient (Wildman–Crippen LogP) is 5.52. The molecule has 0 spiro atoms. The quantitative estimate of drug-likeness (QED) is 0.580. The van der Waals surface area contributed by atoms with Crippen LogP contribution in [0.4, 0.5) is 0 Å². The zero-order valence-corrected chi connectivity index (χ0v) is 15.7. The lowest BCUT2D eigenvalue weighted by molar-refractivity contribution is -0.135. The van der Waals surface area contributed by atoms with Crippen molar-refractivity contribution in [2.45, 2.75) is 24.5 Å². The molecular weight excluding hydrogens is 403 g/mol. The molecule has 0 amide bonds. The van der Waals surface area contributed by atoms with E-state index in [0.717, 1.165) is 0 Å². The van der Waals surface area contributed by atoms with Gasteiger partial charge in [0.2, 0.25) is 10.8 Å². The van der Waals surface area contributed by atoms with Crippen LogP contribution in [0.5, 0.6) is 11.5 Å². The summed E-state index contributed by atoms with van der Waals surface area (Å²) < 4.78 is 11.3. The molecule has 0 aliphatic carbocycles. The molecule has 0 aliphatic heterocycles. The monoisotopic (exact) mass is 416 g/mol. The summed E-state index contributed by atoms with van der Waals surface area (Å²) in [5, 5.41) is 0.359. The molecule has 3 nitrogen and oxygen atoms in total. The van der Waals surface area contributed by atoms with Crippen LogP contribution in [0.2, 0.25) is 10.0 Å². The molecule has 122 valence electrons. The molecule has 0 saturated carbocycles. The van der Waals surface area contributed by atoms with Crippen molar-refractivity contribution < 1.29 is 14.3 Å². The van der Waals surface area contributed by atoms with Gasteiger partial charge in [-0.3, -0.25) is 4.79 Å². The minimum absolute atomic E-state index is 0.248. The number of benzene rings is 2. The summed E-state index contributed by atoms with van der Waals surface area (Å²) >= 11 is 14.9. The van der Waals surface area contributed by atoms with Gasteiger partial charge in [-0.15, -0.1) is 0 Å². The smallest absolute Gasteiger partial charge is 0.226 e. The fourth-order valence-electron chi connectivity index (χ4n) is 1.81. The van der Waals surface area contributed by atoms with Crippen LogP contribution in [0.3, 0.4) is 0 Å². The fraction of sp³-hybridized carbons (Fsp3) is 0.235. The van der Waals surface area contributed by atoms with Crippen molar-refractivity contribution in [2.24, 2.45) is 0 Å². The second-order valence-corrected chi connectivity index (χ2v) is 7.02. The van der Waals surface area contributed by atoms with Crippen LogP contribution >= 0.6 is 39.1 Å². The standard InChI is InChI=1S/C17H15BrCl2O3/c1-17(2,23-14-9-5-12(20)6-10-14)15(21)16(18)22-13-7-3-11(19)4-8-13/h3-10,16H,1-2H3. The van der Waals surface area contributed by atoms with Crippen molar-refractivity contribution >= 4 is 44.9 Å². The number of ketones is 1. The number of carbonyl (C=O) groups is 1. The third kappa shape index (κ3) is 5.13. The SMILES string of the molecule is CC(C)(Oc1ccc(Cl)cc1)C(=O)C(Br)Oc1ccc(Cl)cc1. The highest BCUT2D eigenvalue weighted by Gasteiger charge is 2.36. The van der Waals surface area contributed by atoms with Crippen molar-refractivity contribution in [1.29, 1.82) is 0 Å². The number of hydrogen-bond acceptors (Lipinski definition) is 3. The van der Waals surface area contributed by atoms with Crippen LogP contribution in [0.1, 0.15) is 13.8 Å². The highest BCUT2D eigenvalue weighted by atomic mass is 79.9. The number of ether oxygens (including phenoxy) is 2. The summed E-state index contributed by atoms with van der Waals surface area (Å²) in [5.41, 5.74) is -1.07. The maximum atomic E-state index is 12.6.